The number of rotatable bonds is 4. The van der Waals surface area contributed by atoms with Crippen LogP contribution in [0.3, 0.4) is 0 Å². The molecule has 102 valence electrons. The van der Waals surface area contributed by atoms with Gasteiger partial charge in [0.25, 0.3) is 5.91 Å². The van der Waals surface area contributed by atoms with Gasteiger partial charge in [-0.3, -0.25) is 9.59 Å². The minimum Gasteiger partial charge on any atom is -0.369 e. The lowest BCUT2D eigenvalue weighted by Crippen LogP contribution is -2.14. The molecule has 5 nitrogen and oxygen atoms in total. The van der Waals surface area contributed by atoms with Gasteiger partial charge in [-0.2, -0.15) is 0 Å². The average molecular weight is 334 g/mol. The molecule has 0 aliphatic carbocycles. The highest BCUT2D eigenvalue weighted by Crippen LogP contribution is 2.13. The number of carbonyl (C=O) groups excluding carboxylic acids is 2. The number of hydrogen-bond acceptors (Lipinski definition) is 3. The Morgan fingerprint density at radius 2 is 1.90 bits per heavy atom. The number of pyridine rings is 1. The minimum absolute atomic E-state index is 0.186. The number of halogens is 1. The zero-order valence-electron chi connectivity index (χ0n) is 10.5. The predicted octanol–water partition coefficient (Wildman–Crippen LogP) is 2.12. The van der Waals surface area contributed by atoms with Crippen LogP contribution in [0.25, 0.3) is 0 Å². The monoisotopic (exact) mass is 333 g/mol. The van der Waals surface area contributed by atoms with Crippen molar-refractivity contribution < 1.29 is 9.59 Å². The summed E-state index contributed by atoms with van der Waals surface area (Å²) in [5, 5.41) is 2.76. The van der Waals surface area contributed by atoms with Crippen LogP contribution in [0.1, 0.15) is 15.9 Å². The third-order valence-electron chi connectivity index (χ3n) is 2.58. The summed E-state index contributed by atoms with van der Waals surface area (Å²) in [5.41, 5.74) is 7.08. The molecule has 2 aromatic rings. The summed E-state index contributed by atoms with van der Waals surface area (Å²) < 4.78 is 0.599. The fourth-order valence-corrected chi connectivity index (χ4v) is 2.02. The highest BCUT2D eigenvalue weighted by atomic mass is 79.9. The van der Waals surface area contributed by atoms with Crippen LogP contribution in [0, 0.1) is 0 Å². The summed E-state index contributed by atoms with van der Waals surface area (Å²) in [4.78, 5) is 26.7. The topological polar surface area (TPSA) is 85.1 Å². The number of aromatic nitrogens is 1. The van der Waals surface area contributed by atoms with Gasteiger partial charge < -0.3 is 11.1 Å². The SMILES string of the molecule is NC(=O)Cc1ccc(NC(=O)c2ccnc(Br)c2)cc1. The molecule has 0 aliphatic rings. The number of nitrogens with one attached hydrogen (secondary N) is 1. The van der Waals surface area contributed by atoms with E-state index in [1.807, 2.05) is 0 Å². The van der Waals surface area contributed by atoms with E-state index in [-0.39, 0.29) is 18.2 Å². The lowest BCUT2D eigenvalue weighted by atomic mass is 10.1. The normalized spacial score (nSPS) is 10.1. The molecule has 20 heavy (non-hydrogen) atoms. The molecule has 0 bridgehead atoms. The lowest BCUT2D eigenvalue weighted by Gasteiger charge is -2.06. The molecule has 0 atom stereocenters. The molecule has 0 unspecified atom stereocenters. The highest BCUT2D eigenvalue weighted by Gasteiger charge is 2.07. The van der Waals surface area contributed by atoms with E-state index >= 15 is 0 Å². The largest absolute Gasteiger partial charge is 0.369 e. The third-order valence-corrected chi connectivity index (χ3v) is 3.01. The Kier molecular flexibility index (Phi) is 4.47. The second kappa shape index (κ2) is 6.29. The number of primary amides is 1. The molecule has 0 spiro atoms. The van der Waals surface area contributed by atoms with Crippen LogP contribution in [-0.2, 0) is 11.2 Å². The van der Waals surface area contributed by atoms with Gasteiger partial charge in [-0.25, -0.2) is 4.98 Å². The quantitative estimate of drug-likeness (QED) is 0.840. The van der Waals surface area contributed by atoms with E-state index in [9.17, 15) is 9.59 Å². The summed E-state index contributed by atoms with van der Waals surface area (Å²) in [6, 6.07) is 10.2. The number of anilines is 1. The van der Waals surface area contributed by atoms with Gasteiger partial charge in [-0.15, -0.1) is 0 Å². The van der Waals surface area contributed by atoms with E-state index in [1.54, 1.807) is 42.6 Å². The Hall–Kier alpha value is -2.21. The molecule has 0 saturated heterocycles. The molecule has 1 aromatic carbocycles. The molecule has 0 radical (unpaired) electrons. The van der Waals surface area contributed by atoms with E-state index < -0.39 is 0 Å². The number of benzene rings is 1. The number of nitrogens with zero attached hydrogens (tertiary/aromatic N) is 1. The standard InChI is InChI=1S/C14H12BrN3O2/c15-12-8-10(5-6-17-12)14(20)18-11-3-1-9(2-4-11)7-13(16)19/h1-6,8H,7H2,(H2,16,19)(H,18,20). The van der Waals surface area contributed by atoms with Gasteiger partial charge in [0, 0.05) is 17.4 Å². The van der Waals surface area contributed by atoms with E-state index in [1.165, 1.54) is 0 Å². The van der Waals surface area contributed by atoms with E-state index in [2.05, 4.69) is 26.2 Å². The Bertz CT molecular complexity index is 641. The van der Waals surface area contributed by atoms with E-state index in [0.29, 0.717) is 15.9 Å². The smallest absolute Gasteiger partial charge is 0.255 e. The van der Waals surface area contributed by atoms with Crippen LogP contribution in [0.4, 0.5) is 5.69 Å². The maximum absolute atomic E-state index is 12.0. The molecule has 3 N–H and O–H groups in total. The first-order valence-electron chi connectivity index (χ1n) is 5.85. The van der Waals surface area contributed by atoms with Crippen molar-refractivity contribution in [1.29, 1.82) is 0 Å². The highest BCUT2D eigenvalue weighted by molar-refractivity contribution is 9.10. The number of hydrogen-bond donors (Lipinski definition) is 2. The van der Waals surface area contributed by atoms with Crippen LogP contribution in [0.2, 0.25) is 0 Å². The maximum Gasteiger partial charge on any atom is 0.255 e. The van der Waals surface area contributed by atoms with Crippen molar-refractivity contribution in [2.75, 3.05) is 5.32 Å². The molecular weight excluding hydrogens is 322 g/mol. The van der Waals surface area contributed by atoms with Gasteiger partial charge in [0.1, 0.15) is 4.60 Å². The molecule has 1 aromatic heterocycles. The molecule has 0 fully saturated rings. The van der Waals surface area contributed by atoms with Gasteiger partial charge in [0.05, 0.1) is 6.42 Å². The maximum atomic E-state index is 12.0. The van der Waals surface area contributed by atoms with Crippen molar-refractivity contribution in [2.45, 2.75) is 6.42 Å². The second-order valence-electron chi connectivity index (χ2n) is 4.16. The molecule has 2 amide bonds. The van der Waals surface area contributed by atoms with E-state index in [4.69, 9.17) is 5.73 Å². The first-order chi connectivity index (χ1) is 9.54. The summed E-state index contributed by atoms with van der Waals surface area (Å²) in [6.07, 6.45) is 1.74. The zero-order chi connectivity index (χ0) is 14.5. The van der Waals surface area contributed by atoms with Gasteiger partial charge in [0.15, 0.2) is 0 Å². The minimum atomic E-state index is -0.386. The molecular formula is C14H12BrN3O2. The molecule has 1 heterocycles. The lowest BCUT2D eigenvalue weighted by molar-refractivity contribution is -0.117. The van der Waals surface area contributed by atoms with Crippen LogP contribution in [0.5, 0.6) is 0 Å². The molecule has 0 aliphatic heterocycles. The van der Waals surface area contributed by atoms with Crippen molar-refractivity contribution in [3.8, 4) is 0 Å². The van der Waals surface area contributed by atoms with Crippen LogP contribution in [-0.4, -0.2) is 16.8 Å². The van der Waals surface area contributed by atoms with Gasteiger partial charge >= 0.3 is 0 Å². The van der Waals surface area contributed by atoms with Crippen LogP contribution >= 0.6 is 15.9 Å². The average Bonchev–Trinajstić information content (AvgIpc) is 2.40. The van der Waals surface area contributed by atoms with Gasteiger partial charge in [-0.1, -0.05) is 12.1 Å². The Morgan fingerprint density at radius 3 is 2.50 bits per heavy atom. The summed E-state index contributed by atoms with van der Waals surface area (Å²) in [6.45, 7) is 0. The van der Waals surface area contributed by atoms with Crippen molar-refractivity contribution in [1.82, 2.24) is 4.98 Å². The third kappa shape index (κ3) is 3.89. The van der Waals surface area contributed by atoms with Crippen molar-refractivity contribution in [3.63, 3.8) is 0 Å². The molecule has 6 heteroatoms. The van der Waals surface area contributed by atoms with Gasteiger partial charge in [-0.05, 0) is 45.8 Å². The summed E-state index contributed by atoms with van der Waals surface area (Å²) in [5.74, 6) is -0.612. The Labute approximate surface area is 124 Å². The van der Waals surface area contributed by atoms with Gasteiger partial charge in [0.2, 0.25) is 5.91 Å². The predicted molar refractivity (Wildman–Crippen MR) is 79.2 cm³/mol. The summed E-state index contributed by atoms with van der Waals surface area (Å²) in [7, 11) is 0. The van der Waals surface area contributed by atoms with Crippen molar-refractivity contribution >= 4 is 33.4 Å². The van der Waals surface area contributed by atoms with Crippen LogP contribution in [0.15, 0.2) is 47.2 Å². The Morgan fingerprint density at radius 1 is 1.20 bits per heavy atom. The fraction of sp³-hybridized carbons (Fsp3) is 0.0714. The molecule has 2 rings (SSSR count). The second-order valence-corrected chi connectivity index (χ2v) is 4.97. The zero-order valence-corrected chi connectivity index (χ0v) is 12.1. The summed E-state index contributed by atoms with van der Waals surface area (Å²) >= 11 is 3.21. The van der Waals surface area contributed by atoms with Crippen molar-refractivity contribution in [2.24, 2.45) is 5.73 Å². The Balaban J connectivity index is 2.06. The van der Waals surface area contributed by atoms with E-state index in [0.717, 1.165) is 5.56 Å². The first-order valence-corrected chi connectivity index (χ1v) is 6.64. The number of carbonyl (C=O) groups is 2. The number of nitrogens with two attached hydrogens (primary N) is 1. The van der Waals surface area contributed by atoms with Crippen LogP contribution < -0.4 is 11.1 Å². The first kappa shape index (κ1) is 14.2. The molecule has 0 saturated carbocycles. The fourth-order valence-electron chi connectivity index (χ4n) is 1.65. The number of amides is 2. The van der Waals surface area contributed by atoms with Crippen molar-refractivity contribution in [3.05, 3.63) is 58.3 Å².